The van der Waals surface area contributed by atoms with Gasteiger partial charge in [0.2, 0.25) is 0 Å². The second kappa shape index (κ2) is 8.05. The quantitative estimate of drug-likeness (QED) is 0.806. The van der Waals surface area contributed by atoms with E-state index in [-0.39, 0.29) is 11.9 Å². The van der Waals surface area contributed by atoms with E-state index >= 15 is 0 Å². The maximum Gasteiger partial charge on any atom is 0.324 e. The van der Waals surface area contributed by atoms with Gasteiger partial charge in [0.05, 0.1) is 0 Å². The number of amides is 3. The first-order valence-electron chi connectivity index (χ1n) is 10.1. The standard InChI is InChI=1S/C23H27N3O2/c1-18-5-7-19(8-6-18)17-25-15-4-16-26(23(25)28)21-11-9-20(10-12-21)22(27)24-13-2-3-14-24/h5-12H,2-4,13-17H2,1H3. The van der Waals surface area contributed by atoms with Gasteiger partial charge in [0.25, 0.3) is 5.91 Å². The van der Waals surface area contributed by atoms with Crippen LogP contribution in [0.1, 0.15) is 40.7 Å². The van der Waals surface area contributed by atoms with Crippen molar-refractivity contribution in [2.24, 2.45) is 0 Å². The molecule has 3 amide bonds. The first-order valence-corrected chi connectivity index (χ1v) is 10.1. The molecular weight excluding hydrogens is 350 g/mol. The fraction of sp³-hybridized carbons (Fsp3) is 0.391. The van der Waals surface area contributed by atoms with E-state index in [4.69, 9.17) is 0 Å². The number of hydrogen-bond donors (Lipinski definition) is 0. The van der Waals surface area contributed by atoms with E-state index in [9.17, 15) is 9.59 Å². The molecule has 0 unspecified atom stereocenters. The normalized spacial score (nSPS) is 17.3. The molecular formula is C23H27N3O2. The van der Waals surface area contributed by atoms with Crippen LogP contribution in [0.4, 0.5) is 10.5 Å². The third-order valence-electron chi connectivity index (χ3n) is 5.62. The Morgan fingerprint density at radius 1 is 0.857 bits per heavy atom. The van der Waals surface area contributed by atoms with Gasteiger partial charge in [-0.3, -0.25) is 9.69 Å². The molecule has 2 aromatic carbocycles. The number of anilines is 1. The molecule has 2 aromatic rings. The number of aryl methyl sites for hydroxylation is 1. The van der Waals surface area contributed by atoms with E-state index in [1.807, 2.05) is 39.0 Å². The lowest BCUT2D eigenvalue weighted by Gasteiger charge is -2.35. The molecule has 0 spiro atoms. The lowest BCUT2D eigenvalue weighted by Crippen LogP contribution is -2.49. The number of nitrogens with zero attached hydrogens (tertiary/aromatic N) is 3. The Hall–Kier alpha value is -2.82. The lowest BCUT2D eigenvalue weighted by atomic mass is 10.1. The van der Waals surface area contributed by atoms with Gasteiger partial charge >= 0.3 is 6.03 Å². The summed E-state index contributed by atoms with van der Waals surface area (Å²) in [5, 5.41) is 0. The Balaban J connectivity index is 1.45. The van der Waals surface area contributed by atoms with Crippen molar-refractivity contribution < 1.29 is 9.59 Å². The van der Waals surface area contributed by atoms with Gasteiger partial charge in [-0.05, 0) is 56.0 Å². The zero-order valence-electron chi connectivity index (χ0n) is 16.4. The summed E-state index contributed by atoms with van der Waals surface area (Å²) in [6.07, 6.45) is 3.11. The number of likely N-dealkylation sites (tertiary alicyclic amines) is 1. The van der Waals surface area contributed by atoms with Gasteiger partial charge in [0, 0.05) is 44.0 Å². The Kier molecular flexibility index (Phi) is 5.33. The first kappa shape index (κ1) is 18.5. The smallest absolute Gasteiger partial charge is 0.324 e. The van der Waals surface area contributed by atoms with Crippen LogP contribution in [0.15, 0.2) is 48.5 Å². The molecule has 0 N–H and O–H groups in total. The van der Waals surface area contributed by atoms with Crippen LogP contribution in [0.5, 0.6) is 0 Å². The van der Waals surface area contributed by atoms with Gasteiger partial charge in [0.15, 0.2) is 0 Å². The van der Waals surface area contributed by atoms with Crippen LogP contribution in [0.3, 0.4) is 0 Å². The van der Waals surface area contributed by atoms with Gasteiger partial charge in [-0.2, -0.15) is 0 Å². The molecule has 2 fully saturated rings. The summed E-state index contributed by atoms with van der Waals surface area (Å²) in [4.78, 5) is 31.1. The highest BCUT2D eigenvalue weighted by molar-refractivity contribution is 5.96. The summed E-state index contributed by atoms with van der Waals surface area (Å²) in [5.74, 6) is 0.0926. The number of urea groups is 1. The fourth-order valence-corrected chi connectivity index (χ4v) is 3.97. The van der Waals surface area contributed by atoms with Crippen LogP contribution in [0.2, 0.25) is 0 Å². The summed E-state index contributed by atoms with van der Waals surface area (Å²) in [5.41, 5.74) is 3.93. The van der Waals surface area contributed by atoms with Crippen LogP contribution in [-0.4, -0.2) is 47.9 Å². The molecule has 2 aliphatic rings. The zero-order valence-corrected chi connectivity index (χ0v) is 16.4. The molecule has 2 heterocycles. The number of hydrogen-bond acceptors (Lipinski definition) is 2. The maximum absolute atomic E-state index is 13.0. The maximum atomic E-state index is 13.0. The van der Waals surface area contributed by atoms with Crippen LogP contribution in [0.25, 0.3) is 0 Å². The highest BCUT2D eigenvalue weighted by Gasteiger charge is 2.27. The first-order chi connectivity index (χ1) is 13.6. The van der Waals surface area contributed by atoms with Gasteiger partial charge in [-0.25, -0.2) is 4.79 Å². The van der Waals surface area contributed by atoms with Crippen LogP contribution in [-0.2, 0) is 6.54 Å². The predicted molar refractivity (Wildman–Crippen MR) is 111 cm³/mol. The van der Waals surface area contributed by atoms with Crippen molar-refractivity contribution in [2.75, 3.05) is 31.1 Å². The van der Waals surface area contributed by atoms with Crippen molar-refractivity contribution in [1.29, 1.82) is 0 Å². The van der Waals surface area contributed by atoms with E-state index in [1.54, 1.807) is 0 Å². The van der Waals surface area contributed by atoms with Gasteiger partial charge in [-0.1, -0.05) is 29.8 Å². The van der Waals surface area contributed by atoms with Crippen LogP contribution in [0, 0.1) is 6.92 Å². The van der Waals surface area contributed by atoms with E-state index < -0.39 is 0 Å². The third-order valence-corrected chi connectivity index (χ3v) is 5.62. The summed E-state index contributed by atoms with van der Waals surface area (Å²) >= 11 is 0. The van der Waals surface area contributed by atoms with Crippen LogP contribution < -0.4 is 4.90 Å². The van der Waals surface area contributed by atoms with Crippen molar-refractivity contribution in [3.8, 4) is 0 Å². The van der Waals surface area contributed by atoms with Crippen molar-refractivity contribution in [1.82, 2.24) is 9.80 Å². The highest BCUT2D eigenvalue weighted by Crippen LogP contribution is 2.23. The van der Waals surface area contributed by atoms with Crippen LogP contribution >= 0.6 is 0 Å². The minimum absolute atomic E-state index is 0.0328. The van der Waals surface area contributed by atoms with E-state index in [2.05, 4.69) is 31.2 Å². The Morgan fingerprint density at radius 2 is 1.54 bits per heavy atom. The minimum atomic E-state index is 0.0328. The SMILES string of the molecule is Cc1ccc(CN2CCCN(c3ccc(C(=O)N4CCCC4)cc3)C2=O)cc1. The monoisotopic (exact) mass is 377 g/mol. The topological polar surface area (TPSA) is 43.9 Å². The zero-order chi connectivity index (χ0) is 19.5. The number of benzene rings is 2. The molecule has 0 saturated carbocycles. The summed E-state index contributed by atoms with van der Waals surface area (Å²) in [6.45, 7) is 5.87. The molecule has 28 heavy (non-hydrogen) atoms. The molecule has 0 radical (unpaired) electrons. The average Bonchev–Trinajstić information content (AvgIpc) is 3.26. The summed E-state index contributed by atoms with van der Waals surface area (Å²) < 4.78 is 0. The molecule has 4 rings (SSSR count). The second-order valence-corrected chi connectivity index (χ2v) is 7.74. The number of carbonyl (C=O) groups is 2. The largest absolute Gasteiger partial charge is 0.339 e. The van der Waals surface area contributed by atoms with Gasteiger partial charge < -0.3 is 9.80 Å². The minimum Gasteiger partial charge on any atom is -0.339 e. The predicted octanol–water partition coefficient (Wildman–Crippen LogP) is 4.06. The average molecular weight is 377 g/mol. The van der Waals surface area contributed by atoms with E-state index in [1.165, 1.54) is 5.56 Å². The second-order valence-electron chi connectivity index (χ2n) is 7.74. The Bertz CT molecular complexity index is 839. The van der Waals surface area contributed by atoms with Crippen molar-refractivity contribution in [3.05, 3.63) is 65.2 Å². The van der Waals surface area contributed by atoms with Crippen molar-refractivity contribution in [3.63, 3.8) is 0 Å². The van der Waals surface area contributed by atoms with E-state index in [0.717, 1.165) is 50.1 Å². The third kappa shape index (κ3) is 3.88. The molecule has 146 valence electrons. The van der Waals surface area contributed by atoms with Crippen molar-refractivity contribution >= 4 is 17.6 Å². The molecule has 2 saturated heterocycles. The molecule has 0 bridgehead atoms. The molecule has 0 atom stereocenters. The number of rotatable bonds is 4. The molecule has 0 aromatic heterocycles. The Labute approximate surface area is 166 Å². The summed E-state index contributed by atoms with van der Waals surface area (Å²) in [6, 6.07) is 15.9. The number of carbonyl (C=O) groups excluding carboxylic acids is 2. The molecule has 0 aliphatic carbocycles. The molecule has 5 heteroatoms. The van der Waals surface area contributed by atoms with Gasteiger partial charge in [-0.15, -0.1) is 0 Å². The van der Waals surface area contributed by atoms with Crippen molar-refractivity contribution in [2.45, 2.75) is 32.7 Å². The summed E-state index contributed by atoms with van der Waals surface area (Å²) in [7, 11) is 0. The van der Waals surface area contributed by atoms with Gasteiger partial charge in [0.1, 0.15) is 0 Å². The lowest BCUT2D eigenvalue weighted by molar-refractivity contribution is 0.0793. The fourth-order valence-electron chi connectivity index (χ4n) is 3.97. The molecule has 5 nitrogen and oxygen atoms in total. The Morgan fingerprint density at radius 3 is 2.21 bits per heavy atom. The molecule has 2 aliphatic heterocycles. The highest BCUT2D eigenvalue weighted by atomic mass is 16.2. The van der Waals surface area contributed by atoms with E-state index in [0.29, 0.717) is 18.7 Å².